The van der Waals surface area contributed by atoms with Crippen LogP contribution in [0.5, 0.6) is 0 Å². The maximum absolute atomic E-state index is 8.83. The molecule has 2 fully saturated rings. The topological polar surface area (TPSA) is 32.8 Å². The Morgan fingerprint density at radius 3 is 2.43 bits per heavy atom. The predicted molar refractivity (Wildman–Crippen MR) is 23.3 cm³/mol. The Balaban J connectivity index is 2.08. The summed E-state index contributed by atoms with van der Waals surface area (Å²) < 4.78 is 4.93. The lowest BCUT2D eigenvalue weighted by atomic mass is 10.3. The minimum absolute atomic E-state index is 0.125. The van der Waals surface area contributed by atoms with Crippen molar-refractivity contribution in [2.24, 2.45) is 0 Å². The number of epoxide rings is 1. The van der Waals surface area contributed by atoms with Crippen molar-refractivity contribution in [2.45, 2.75) is 18.3 Å². The molecule has 2 heteroatoms. The lowest BCUT2D eigenvalue weighted by Crippen LogP contribution is -2.08. The molecular formula is C5H6O2. The Bertz CT molecular complexity index is 92.1. The molecule has 0 aromatic carbocycles. The molecule has 7 heavy (non-hydrogen) atoms. The van der Waals surface area contributed by atoms with Crippen molar-refractivity contribution in [1.82, 2.24) is 0 Å². The molecule has 1 aliphatic carbocycles. The number of aliphatic hydroxyl groups is 1. The minimum Gasteiger partial charge on any atom is -0.390 e. The van der Waals surface area contributed by atoms with Gasteiger partial charge in [0, 0.05) is 0 Å². The summed E-state index contributed by atoms with van der Waals surface area (Å²) in [6.07, 6.45) is 3.74. The van der Waals surface area contributed by atoms with Gasteiger partial charge in [0.15, 0.2) is 0 Å². The van der Waals surface area contributed by atoms with Gasteiger partial charge in [-0.1, -0.05) is 0 Å². The van der Waals surface area contributed by atoms with E-state index in [0.717, 1.165) is 0 Å². The highest BCUT2D eigenvalue weighted by Crippen LogP contribution is 2.36. The van der Waals surface area contributed by atoms with Crippen molar-refractivity contribution in [2.75, 3.05) is 0 Å². The van der Waals surface area contributed by atoms with E-state index < -0.39 is 0 Å². The van der Waals surface area contributed by atoms with Gasteiger partial charge in [-0.2, -0.15) is 0 Å². The molecule has 2 nitrogen and oxygen atoms in total. The number of fused-ring (bicyclic) bond motifs is 1. The van der Waals surface area contributed by atoms with Crippen LogP contribution in [0.3, 0.4) is 0 Å². The zero-order valence-electron chi connectivity index (χ0n) is 3.74. The number of aliphatic hydroxyl groups excluding tert-OH is 1. The Morgan fingerprint density at radius 1 is 1.43 bits per heavy atom. The van der Waals surface area contributed by atoms with Crippen LogP contribution in [0.25, 0.3) is 0 Å². The Hall–Kier alpha value is -0.0800. The Kier molecular flexibility index (Phi) is 0.557. The van der Waals surface area contributed by atoms with E-state index in [0.29, 0.717) is 0 Å². The third-order valence-electron chi connectivity index (χ3n) is 1.40. The van der Waals surface area contributed by atoms with Crippen LogP contribution in [0.1, 0.15) is 0 Å². The van der Waals surface area contributed by atoms with Crippen LogP contribution in [0.4, 0.5) is 0 Å². The molecule has 0 amide bonds. The molecule has 0 aromatic heterocycles. The highest BCUT2D eigenvalue weighted by molar-refractivity contribution is 5.19. The van der Waals surface area contributed by atoms with Crippen LogP contribution in [-0.2, 0) is 4.74 Å². The first-order valence-electron chi connectivity index (χ1n) is 2.40. The molecule has 0 aromatic rings. The average molecular weight is 98.1 g/mol. The highest BCUT2D eigenvalue weighted by Gasteiger charge is 2.49. The number of ether oxygens (including phenoxy) is 1. The van der Waals surface area contributed by atoms with E-state index in [9.17, 15) is 0 Å². The second-order valence-electron chi connectivity index (χ2n) is 1.94. The molecule has 1 saturated carbocycles. The SMILES string of the molecule is O[C@@H]1[CH][CH][C@@H]2O[C@H]12. The van der Waals surface area contributed by atoms with Gasteiger partial charge in [0.05, 0.1) is 12.2 Å². The molecule has 0 unspecified atom stereocenters. The standard InChI is InChI=1S/C5H6O2/c6-3-1-2-4-5(3)7-4/h1-6H/t3-,4+,5-/m1/s1. The molecule has 38 valence electrons. The lowest BCUT2D eigenvalue weighted by Gasteiger charge is -1.95. The minimum atomic E-state index is -0.315. The first-order chi connectivity index (χ1) is 3.38. The van der Waals surface area contributed by atoms with Crippen molar-refractivity contribution >= 4 is 0 Å². The van der Waals surface area contributed by atoms with Crippen LogP contribution in [0.15, 0.2) is 0 Å². The summed E-state index contributed by atoms with van der Waals surface area (Å²) in [6, 6.07) is 0. The maximum atomic E-state index is 8.83. The third-order valence-corrected chi connectivity index (χ3v) is 1.40. The molecule has 3 atom stereocenters. The molecule has 2 radical (unpaired) electrons. The molecular weight excluding hydrogens is 92.1 g/mol. The molecule has 2 rings (SSSR count). The second kappa shape index (κ2) is 1.01. The van der Waals surface area contributed by atoms with E-state index in [1.807, 2.05) is 6.42 Å². The summed E-state index contributed by atoms with van der Waals surface area (Å²) in [6.45, 7) is 0. The number of hydrogen-bond acceptors (Lipinski definition) is 2. The van der Waals surface area contributed by atoms with Crippen LogP contribution >= 0.6 is 0 Å². The summed E-state index contributed by atoms with van der Waals surface area (Å²) >= 11 is 0. The van der Waals surface area contributed by atoms with Gasteiger partial charge in [-0.15, -0.1) is 0 Å². The summed E-state index contributed by atoms with van der Waals surface area (Å²) in [4.78, 5) is 0. The average Bonchev–Trinajstić information content (AvgIpc) is 2.33. The van der Waals surface area contributed by atoms with Gasteiger partial charge < -0.3 is 9.84 Å². The van der Waals surface area contributed by atoms with Gasteiger partial charge in [-0.3, -0.25) is 0 Å². The largest absolute Gasteiger partial charge is 0.390 e. The number of hydrogen-bond donors (Lipinski definition) is 1. The van der Waals surface area contributed by atoms with E-state index in [1.165, 1.54) is 0 Å². The fourth-order valence-electron chi connectivity index (χ4n) is 0.899. The monoisotopic (exact) mass is 98.0 g/mol. The normalized spacial score (nSPS) is 57.0. The molecule has 2 aliphatic rings. The molecule has 0 spiro atoms. The van der Waals surface area contributed by atoms with E-state index in [1.54, 1.807) is 6.42 Å². The Labute approximate surface area is 42.1 Å². The van der Waals surface area contributed by atoms with Gasteiger partial charge in [0.1, 0.15) is 6.10 Å². The van der Waals surface area contributed by atoms with E-state index in [2.05, 4.69) is 0 Å². The predicted octanol–water partition coefficient (Wildman–Crippen LogP) is -0.463. The van der Waals surface area contributed by atoms with E-state index in [-0.39, 0.29) is 18.3 Å². The van der Waals surface area contributed by atoms with Crippen molar-refractivity contribution in [1.29, 1.82) is 0 Å². The van der Waals surface area contributed by atoms with Crippen LogP contribution < -0.4 is 0 Å². The molecule has 1 N–H and O–H groups in total. The zero-order chi connectivity index (χ0) is 4.85. The molecule has 1 saturated heterocycles. The smallest absolute Gasteiger partial charge is 0.111 e. The lowest BCUT2D eigenvalue weighted by molar-refractivity contribution is 0.161. The van der Waals surface area contributed by atoms with Crippen molar-refractivity contribution < 1.29 is 9.84 Å². The quantitative estimate of drug-likeness (QED) is 0.416. The first-order valence-corrected chi connectivity index (χ1v) is 2.40. The van der Waals surface area contributed by atoms with Gasteiger partial charge in [0.25, 0.3) is 0 Å². The fourth-order valence-corrected chi connectivity index (χ4v) is 0.899. The zero-order valence-corrected chi connectivity index (χ0v) is 3.74. The van der Waals surface area contributed by atoms with Gasteiger partial charge in [-0.25, -0.2) is 0 Å². The van der Waals surface area contributed by atoms with Gasteiger partial charge in [-0.05, 0) is 12.8 Å². The fraction of sp³-hybridized carbons (Fsp3) is 0.600. The van der Waals surface area contributed by atoms with Gasteiger partial charge in [0.2, 0.25) is 0 Å². The summed E-state index contributed by atoms with van der Waals surface area (Å²) in [5, 5.41) is 8.83. The van der Waals surface area contributed by atoms with Crippen molar-refractivity contribution in [3.05, 3.63) is 12.8 Å². The van der Waals surface area contributed by atoms with Crippen molar-refractivity contribution in [3.63, 3.8) is 0 Å². The third kappa shape index (κ3) is 0.409. The van der Waals surface area contributed by atoms with E-state index in [4.69, 9.17) is 9.84 Å². The number of rotatable bonds is 0. The van der Waals surface area contributed by atoms with Gasteiger partial charge >= 0.3 is 0 Å². The summed E-state index contributed by atoms with van der Waals surface area (Å²) in [5.41, 5.74) is 0. The molecule has 1 heterocycles. The molecule has 0 bridgehead atoms. The maximum Gasteiger partial charge on any atom is 0.111 e. The second-order valence-corrected chi connectivity index (χ2v) is 1.94. The van der Waals surface area contributed by atoms with Crippen LogP contribution in [-0.4, -0.2) is 23.4 Å². The van der Waals surface area contributed by atoms with E-state index >= 15 is 0 Å². The van der Waals surface area contributed by atoms with Crippen LogP contribution in [0.2, 0.25) is 0 Å². The van der Waals surface area contributed by atoms with Crippen molar-refractivity contribution in [3.8, 4) is 0 Å². The Morgan fingerprint density at radius 2 is 2.29 bits per heavy atom. The summed E-state index contributed by atoms with van der Waals surface area (Å²) in [5.74, 6) is 0. The first kappa shape index (κ1) is 3.87. The highest BCUT2D eigenvalue weighted by atomic mass is 16.6. The van der Waals surface area contributed by atoms with Crippen LogP contribution in [0, 0.1) is 12.8 Å². The molecule has 1 aliphatic heterocycles. The summed E-state index contributed by atoms with van der Waals surface area (Å²) in [7, 11) is 0.